The van der Waals surface area contributed by atoms with Crippen LogP contribution in [0.5, 0.6) is 11.5 Å². The van der Waals surface area contributed by atoms with E-state index in [1.165, 1.54) is 15.8 Å². The molecule has 1 aliphatic heterocycles. The topological polar surface area (TPSA) is 109 Å². The molecular formula is C22H21N3O6S. The number of aromatic nitrogens is 2. The zero-order valence-electron chi connectivity index (χ0n) is 17.2. The molecule has 2 aromatic heterocycles. The van der Waals surface area contributed by atoms with Crippen LogP contribution >= 0.6 is 11.3 Å². The van der Waals surface area contributed by atoms with Crippen molar-refractivity contribution in [2.45, 2.75) is 38.6 Å². The summed E-state index contributed by atoms with van der Waals surface area (Å²) in [6.07, 6.45) is 5.56. The normalized spacial score (nSPS) is 14.2. The molecule has 9 nitrogen and oxygen atoms in total. The number of aryl methyl sites for hydroxylation is 3. The maximum atomic E-state index is 12.9. The molecule has 166 valence electrons. The number of carbonyl (C=O) groups excluding carboxylic acids is 2. The lowest BCUT2D eigenvalue weighted by atomic mass is 9.97. The van der Waals surface area contributed by atoms with E-state index < -0.39 is 18.5 Å². The van der Waals surface area contributed by atoms with Crippen LogP contribution in [0.3, 0.4) is 0 Å². The van der Waals surface area contributed by atoms with Gasteiger partial charge in [-0.1, -0.05) is 0 Å². The first-order valence-corrected chi connectivity index (χ1v) is 11.2. The van der Waals surface area contributed by atoms with Crippen molar-refractivity contribution in [2.75, 3.05) is 18.7 Å². The highest BCUT2D eigenvalue weighted by Crippen LogP contribution is 2.34. The Balaban J connectivity index is 1.15. The molecule has 1 N–H and O–H groups in total. The molecular weight excluding hydrogens is 434 g/mol. The molecule has 1 aromatic carbocycles. The van der Waals surface area contributed by atoms with Crippen LogP contribution in [0.25, 0.3) is 10.2 Å². The van der Waals surface area contributed by atoms with E-state index in [0.717, 1.165) is 36.1 Å². The number of anilines is 1. The van der Waals surface area contributed by atoms with Crippen molar-refractivity contribution in [1.29, 1.82) is 0 Å². The minimum Gasteiger partial charge on any atom is -0.456 e. The number of thiophene rings is 1. The van der Waals surface area contributed by atoms with Crippen LogP contribution in [0.15, 0.2) is 29.3 Å². The van der Waals surface area contributed by atoms with Crippen molar-refractivity contribution >= 4 is 39.1 Å². The lowest BCUT2D eigenvalue weighted by molar-refractivity contribution is -0.147. The van der Waals surface area contributed by atoms with Gasteiger partial charge in [0.25, 0.3) is 11.5 Å². The first-order chi connectivity index (χ1) is 15.6. The molecule has 5 rings (SSSR count). The van der Waals surface area contributed by atoms with Crippen LogP contribution in [0.2, 0.25) is 0 Å². The van der Waals surface area contributed by atoms with E-state index in [4.69, 9.17) is 14.2 Å². The Hall–Kier alpha value is -3.40. The SMILES string of the molecule is O=C(COC(=O)CCn1cnc2sc3c(c2c1=O)CCCC3)Nc1ccc2c(c1)OCO2. The van der Waals surface area contributed by atoms with Crippen molar-refractivity contribution < 1.29 is 23.8 Å². The van der Waals surface area contributed by atoms with Crippen LogP contribution in [0.1, 0.15) is 29.7 Å². The third-order valence-electron chi connectivity index (χ3n) is 5.52. The van der Waals surface area contributed by atoms with Gasteiger partial charge in [-0.2, -0.15) is 0 Å². The van der Waals surface area contributed by atoms with E-state index in [2.05, 4.69) is 10.3 Å². The Morgan fingerprint density at radius 2 is 2.03 bits per heavy atom. The van der Waals surface area contributed by atoms with Gasteiger partial charge in [-0.25, -0.2) is 4.98 Å². The predicted molar refractivity (Wildman–Crippen MR) is 117 cm³/mol. The lowest BCUT2D eigenvalue weighted by Gasteiger charge is -2.10. The van der Waals surface area contributed by atoms with Crippen molar-refractivity contribution in [2.24, 2.45) is 0 Å². The first-order valence-electron chi connectivity index (χ1n) is 10.4. The molecule has 10 heteroatoms. The number of benzene rings is 1. The smallest absolute Gasteiger partial charge is 0.308 e. The summed E-state index contributed by atoms with van der Waals surface area (Å²) in [6, 6.07) is 5.00. The summed E-state index contributed by atoms with van der Waals surface area (Å²) in [7, 11) is 0. The van der Waals surface area contributed by atoms with E-state index >= 15 is 0 Å². The summed E-state index contributed by atoms with van der Waals surface area (Å²) in [5.41, 5.74) is 1.51. The molecule has 2 aliphatic rings. The Morgan fingerprint density at radius 1 is 1.19 bits per heavy atom. The first kappa shape index (κ1) is 20.5. The number of nitrogens with zero attached hydrogens (tertiary/aromatic N) is 2. The minimum atomic E-state index is -0.565. The summed E-state index contributed by atoms with van der Waals surface area (Å²) in [5.74, 6) is 0.121. The van der Waals surface area contributed by atoms with Gasteiger partial charge >= 0.3 is 5.97 Å². The van der Waals surface area contributed by atoms with Crippen molar-refractivity contribution in [3.8, 4) is 11.5 Å². The molecule has 0 saturated heterocycles. The number of carbonyl (C=O) groups is 2. The number of fused-ring (bicyclic) bond motifs is 4. The van der Waals surface area contributed by atoms with E-state index in [1.54, 1.807) is 29.5 Å². The van der Waals surface area contributed by atoms with Gasteiger partial charge in [-0.15, -0.1) is 11.3 Å². The molecule has 3 heterocycles. The number of rotatable bonds is 6. The number of nitrogens with one attached hydrogen (secondary N) is 1. The molecule has 1 amide bonds. The Morgan fingerprint density at radius 3 is 2.94 bits per heavy atom. The summed E-state index contributed by atoms with van der Waals surface area (Å²) >= 11 is 1.59. The molecule has 3 aromatic rings. The molecule has 0 saturated carbocycles. The van der Waals surface area contributed by atoms with Gasteiger partial charge in [0, 0.05) is 23.2 Å². The minimum absolute atomic E-state index is 0.0310. The number of ether oxygens (including phenoxy) is 3. The van der Waals surface area contributed by atoms with E-state index in [1.807, 2.05) is 0 Å². The van der Waals surface area contributed by atoms with E-state index in [9.17, 15) is 14.4 Å². The second-order valence-electron chi connectivity index (χ2n) is 7.66. The quantitative estimate of drug-likeness (QED) is 0.569. The van der Waals surface area contributed by atoms with Gasteiger partial charge < -0.3 is 19.5 Å². The number of esters is 1. The van der Waals surface area contributed by atoms with Crippen molar-refractivity contribution in [1.82, 2.24) is 9.55 Å². The fourth-order valence-corrected chi connectivity index (χ4v) is 5.16. The molecule has 0 radical (unpaired) electrons. The summed E-state index contributed by atoms with van der Waals surface area (Å²) in [6.45, 7) is -0.128. The standard InChI is InChI=1S/C22H21N3O6S/c26-18(24-13-5-6-15-16(9-13)31-12-30-15)10-29-19(27)7-8-25-11-23-21-20(22(25)28)14-3-1-2-4-17(14)32-21/h5-6,9,11H,1-4,7-8,10,12H2,(H,24,26). The van der Waals surface area contributed by atoms with E-state index in [-0.39, 0.29) is 25.3 Å². The molecule has 0 spiro atoms. The number of amides is 1. The Kier molecular flexibility index (Phi) is 5.52. The van der Waals surface area contributed by atoms with Gasteiger partial charge in [-0.05, 0) is 43.4 Å². The summed E-state index contributed by atoms with van der Waals surface area (Å²) < 4.78 is 17.0. The van der Waals surface area contributed by atoms with E-state index in [0.29, 0.717) is 22.6 Å². The van der Waals surface area contributed by atoms with Gasteiger partial charge in [0.05, 0.1) is 18.1 Å². The lowest BCUT2D eigenvalue weighted by Crippen LogP contribution is -2.24. The van der Waals surface area contributed by atoms with Crippen LogP contribution in [0, 0.1) is 0 Å². The molecule has 32 heavy (non-hydrogen) atoms. The van der Waals surface area contributed by atoms with Gasteiger partial charge in [0.1, 0.15) is 4.83 Å². The van der Waals surface area contributed by atoms with Gasteiger partial charge in [0.2, 0.25) is 6.79 Å². The second-order valence-corrected chi connectivity index (χ2v) is 8.74. The zero-order valence-corrected chi connectivity index (χ0v) is 18.0. The molecule has 1 aliphatic carbocycles. The number of hydrogen-bond donors (Lipinski definition) is 1. The van der Waals surface area contributed by atoms with Crippen LogP contribution in [-0.4, -0.2) is 34.8 Å². The molecule has 0 atom stereocenters. The number of hydrogen-bond acceptors (Lipinski definition) is 8. The maximum absolute atomic E-state index is 12.9. The highest BCUT2D eigenvalue weighted by Gasteiger charge is 2.20. The molecule has 0 fully saturated rings. The highest BCUT2D eigenvalue weighted by atomic mass is 32.1. The predicted octanol–water partition coefficient (Wildman–Crippen LogP) is 2.64. The fourth-order valence-electron chi connectivity index (χ4n) is 3.94. The fraction of sp³-hybridized carbons (Fsp3) is 0.364. The molecule has 0 unspecified atom stereocenters. The second kappa shape index (κ2) is 8.62. The Labute approximate surface area is 186 Å². The van der Waals surface area contributed by atoms with Crippen LogP contribution in [-0.2, 0) is 33.7 Å². The zero-order chi connectivity index (χ0) is 22.1. The average molecular weight is 455 g/mol. The summed E-state index contributed by atoms with van der Waals surface area (Å²) in [4.78, 5) is 43.5. The molecule has 0 bridgehead atoms. The largest absolute Gasteiger partial charge is 0.456 e. The van der Waals surface area contributed by atoms with Crippen molar-refractivity contribution in [3.05, 3.63) is 45.3 Å². The van der Waals surface area contributed by atoms with Crippen LogP contribution < -0.4 is 20.3 Å². The van der Waals surface area contributed by atoms with Crippen LogP contribution in [0.4, 0.5) is 5.69 Å². The van der Waals surface area contributed by atoms with Crippen molar-refractivity contribution in [3.63, 3.8) is 0 Å². The third kappa shape index (κ3) is 4.05. The third-order valence-corrected chi connectivity index (χ3v) is 6.72. The average Bonchev–Trinajstić information content (AvgIpc) is 3.41. The highest BCUT2D eigenvalue weighted by molar-refractivity contribution is 7.18. The van der Waals surface area contributed by atoms with Gasteiger partial charge in [0.15, 0.2) is 18.1 Å². The van der Waals surface area contributed by atoms with Gasteiger partial charge in [-0.3, -0.25) is 19.0 Å². The monoisotopic (exact) mass is 455 g/mol. The summed E-state index contributed by atoms with van der Waals surface area (Å²) in [5, 5.41) is 3.32. The Bertz CT molecular complexity index is 1260. The maximum Gasteiger partial charge on any atom is 0.308 e.